The van der Waals surface area contributed by atoms with Crippen LogP contribution in [-0.4, -0.2) is 42.9 Å². The highest BCUT2D eigenvalue weighted by Gasteiger charge is 2.23. The Balaban J connectivity index is 1.74. The van der Waals surface area contributed by atoms with Crippen molar-refractivity contribution >= 4 is 17.7 Å². The molecule has 2 aromatic heterocycles. The number of thioether (sulfide) groups is 1. The van der Waals surface area contributed by atoms with Gasteiger partial charge in [-0.1, -0.05) is 30.0 Å². The van der Waals surface area contributed by atoms with Crippen molar-refractivity contribution in [3.63, 3.8) is 0 Å². The lowest BCUT2D eigenvalue weighted by molar-refractivity contribution is -0.129. The van der Waals surface area contributed by atoms with E-state index in [9.17, 15) is 9.18 Å². The van der Waals surface area contributed by atoms with Crippen LogP contribution in [-0.2, 0) is 17.9 Å². The Morgan fingerprint density at radius 1 is 1.31 bits per heavy atom. The molecule has 1 atom stereocenters. The first-order chi connectivity index (χ1) is 14.0. The lowest BCUT2D eigenvalue weighted by Crippen LogP contribution is -2.33. The van der Waals surface area contributed by atoms with E-state index in [0.29, 0.717) is 24.1 Å². The third kappa shape index (κ3) is 5.08. The number of aromatic nitrogens is 4. The van der Waals surface area contributed by atoms with Gasteiger partial charge in [-0.05, 0) is 36.8 Å². The molecule has 0 bridgehead atoms. The van der Waals surface area contributed by atoms with Crippen molar-refractivity contribution in [1.82, 2.24) is 24.6 Å². The number of rotatable bonds is 8. The summed E-state index contributed by atoms with van der Waals surface area (Å²) in [7, 11) is 1.71. The molecule has 3 aromatic rings. The summed E-state index contributed by atoms with van der Waals surface area (Å²) in [6.07, 6.45) is 5.16. The fourth-order valence-corrected chi connectivity index (χ4v) is 3.86. The lowest BCUT2D eigenvalue weighted by atomic mass is 10.2. The fraction of sp³-hybridized carbons (Fsp3) is 0.238. The van der Waals surface area contributed by atoms with Crippen molar-refractivity contribution in [2.45, 2.75) is 30.4 Å². The number of halogens is 1. The van der Waals surface area contributed by atoms with E-state index in [1.54, 1.807) is 42.6 Å². The van der Waals surface area contributed by atoms with Gasteiger partial charge in [-0.3, -0.25) is 14.3 Å². The van der Waals surface area contributed by atoms with Crippen molar-refractivity contribution in [3.05, 3.63) is 72.8 Å². The van der Waals surface area contributed by atoms with Gasteiger partial charge in [0.2, 0.25) is 5.91 Å². The highest BCUT2D eigenvalue weighted by Crippen LogP contribution is 2.27. The van der Waals surface area contributed by atoms with Crippen molar-refractivity contribution in [1.29, 1.82) is 0 Å². The zero-order chi connectivity index (χ0) is 20.8. The average Bonchev–Trinajstić information content (AvgIpc) is 3.10. The third-order valence-corrected chi connectivity index (χ3v) is 5.35. The number of amides is 1. The molecule has 0 aliphatic heterocycles. The number of carbonyl (C=O) groups excluding carboxylic acids is 1. The molecule has 0 saturated carbocycles. The molecule has 0 fully saturated rings. The van der Waals surface area contributed by atoms with Gasteiger partial charge in [-0.15, -0.1) is 16.8 Å². The number of allylic oxidation sites excluding steroid dienone is 1. The first kappa shape index (κ1) is 20.7. The molecule has 0 N–H and O–H groups in total. The predicted molar refractivity (Wildman–Crippen MR) is 112 cm³/mol. The topological polar surface area (TPSA) is 63.9 Å². The minimum atomic E-state index is -0.383. The smallest absolute Gasteiger partial charge is 0.235 e. The maximum atomic E-state index is 13.4. The Kier molecular flexibility index (Phi) is 6.77. The molecule has 2 heterocycles. The van der Waals surface area contributed by atoms with E-state index in [4.69, 9.17) is 0 Å². The largest absolute Gasteiger partial charge is 0.340 e. The Morgan fingerprint density at radius 3 is 2.76 bits per heavy atom. The molecule has 0 spiro atoms. The number of hydrogen-bond donors (Lipinski definition) is 0. The first-order valence-corrected chi connectivity index (χ1v) is 9.98. The van der Waals surface area contributed by atoms with Crippen LogP contribution >= 0.6 is 11.8 Å². The first-order valence-electron chi connectivity index (χ1n) is 9.10. The maximum absolute atomic E-state index is 13.4. The second-order valence-electron chi connectivity index (χ2n) is 6.53. The second kappa shape index (κ2) is 9.47. The monoisotopic (exact) mass is 411 g/mol. The molecule has 0 unspecified atom stereocenters. The van der Waals surface area contributed by atoms with E-state index in [2.05, 4.69) is 21.8 Å². The third-order valence-electron chi connectivity index (χ3n) is 4.28. The molecule has 1 amide bonds. The van der Waals surface area contributed by atoms with Crippen LogP contribution in [0.25, 0.3) is 11.4 Å². The molecule has 6 nitrogen and oxygen atoms in total. The van der Waals surface area contributed by atoms with Gasteiger partial charge in [-0.2, -0.15) is 0 Å². The molecule has 0 radical (unpaired) electrons. The zero-order valence-corrected chi connectivity index (χ0v) is 17.1. The minimum Gasteiger partial charge on any atom is -0.340 e. The molecule has 3 rings (SSSR count). The van der Waals surface area contributed by atoms with Gasteiger partial charge in [0.05, 0.1) is 5.25 Å². The summed E-state index contributed by atoms with van der Waals surface area (Å²) < 4.78 is 15.3. The van der Waals surface area contributed by atoms with Crippen LogP contribution in [0, 0.1) is 5.82 Å². The van der Waals surface area contributed by atoms with Crippen LogP contribution < -0.4 is 0 Å². The molecule has 29 heavy (non-hydrogen) atoms. The summed E-state index contributed by atoms with van der Waals surface area (Å²) in [6.45, 7) is 6.49. The Morgan fingerprint density at radius 2 is 2.07 bits per heavy atom. The van der Waals surface area contributed by atoms with E-state index in [0.717, 1.165) is 11.1 Å². The van der Waals surface area contributed by atoms with Crippen LogP contribution in [0.5, 0.6) is 0 Å². The normalized spacial score (nSPS) is 11.8. The van der Waals surface area contributed by atoms with Crippen LogP contribution in [0.2, 0.25) is 0 Å². The highest BCUT2D eigenvalue weighted by atomic mass is 32.2. The van der Waals surface area contributed by atoms with E-state index in [1.165, 1.54) is 23.9 Å². The van der Waals surface area contributed by atoms with Crippen molar-refractivity contribution in [2.24, 2.45) is 0 Å². The van der Waals surface area contributed by atoms with Crippen LogP contribution in [0.15, 0.2) is 66.6 Å². The number of nitrogens with zero attached hydrogens (tertiary/aromatic N) is 5. The van der Waals surface area contributed by atoms with Crippen LogP contribution in [0.1, 0.15) is 12.5 Å². The van der Waals surface area contributed by atoms with Gasteiger partial charge in [0.1, 0.15) is 5.82 Å². The predicted octanol–water partition coefficient (Wildman–Crippen LogP) is 3.80. The summed E-state index contributed by atoms with van der Waals surface area (Å²) in [5.41, 5.74) is 1.64. The quantitative estimate of drug-likeness (QED) is 0.417. The van der Waals surface area contributed by atoms with Crippen molar-refractivity contribution in [2.75, 3.05) is 7.05 Å². The molecule has 0 aliphatic rings. The van der Waals surface area contributed by atoms with Crippen LogP contribution in [0.3, 0.4) is 0 Å². The Bertz CT molecular complexity index is 992. The standard InChI is InChI=1S/C21H22FN5OS/c1-4-12-27-19(17-8-10-23-11-9-17)24-25-21(27)29-15(2)20(28)26(3)14-16-6-5-7-18(22)13-16/h4-11,13,15H,1,12,14H2,2-3H3/t15-/m1/s1. The number of hydrogen-bond acceptors (Lipinski definition) is 5. The summed E-state index contributed by atoms with van der Waals surface area (Å²) in [5.74, 6) is 0.312. The van der Waals surface area contributed by atoms with Gasteiger partial charge in [-0.25, -0.2) is 4.39 Å². The zero-order valence-electron chi connectivity index (χ0n) is 16.3. The minimum absolute atomic E-state index is 0.0714. The fourth-order valence-electron chi connectivity index (χ4n) is 2.89. The molecule has 1 aromatic carbocycles. The van der Waals surface area contributed by atoms with E-state index in [1.807, 2.05) is 23.6 Å². The molecule has 0 aliphatic carbocycles. The number of benzene rings is 1. The van der Waals surface area contributed by atoms with Gasteiger partial charge in [0.15, 0.2) is 11.0 Å². The van der Waals surface area contributed by atoms with E-state index < -0.39 is 0 Å². The van der Waals surface area contributed by atoms with Gasteiger partial charge in [0, 0.05) is 38.1 Å². The van der Waals surface area contributed by atoms with E-state index in [-0.39, 0.29) is 17.0 Å². The molecule has 150 valence electrons. The SMILES string of the molecule is C=CCn1c(S[C@H](C)C(=O)N(C)Cc2cccc(F)c2)nnc1-c1ccncc1. The van der Waals surface area contributed by atoms with Gasteiger partial charge in [0.25, 0.3) is 0 Å². The highest BCUT2D eigenvalue weighted by molar-refractivity contribution is 8.00. The van der Waals surface area contributed by atoms with Gasteiger partial charge < -0.3 is 4.90 Å². The van der Waals surface area contributed by atoms with E-state index >= 15 is 0 Å². The van der Waals surface area contributed by atoms with Crippen molar-refractivity contribution < 1.29 is 9.18 Å². The molecular weight excluding hydrogens is 389 g/mol. The number of pyridine rings is 1. The summed E-state index contributed by atoms with van der Waals surface area (Å²) in [4.78, 5) is 18.4. The molecular formula is C21H22FN5OS. The summed E-state index contributed by atoms with van der Waals surface area (Å²) in [5, 5.41) is 8.82. The Labute approximate surface area is 173 Å². The second-order valence-corrected chi connectivity index (χ2v) is 7.83. The van der Waals surface area contributed by atoms with Crippen molar-refractivity contribution in [3.8, 4) is 11.4 Å². The Hall–Kier alpha value is -3.00. The maximum Gasteiger partial charge on any atom is 0.235 e. The molecule has 0 saturated heterocycles. The average molecular weight is 412 g/mol. The van der Waals surface area contributed by atoms with Gasteiger partial charge >= 0.3 is 0 Å². The summed E-state index contributed by atoms with van der Waals surface area (Å²) in [6, 6.07) is 9.98. The van der Waals surface area contributed by atoms with Crippen LogP contribution in [0.4, 0.5) is 4.39 Å². The number of carbonyl (C=O) groups is 1. The lowest BCUT2D eigenvalue weighted by Gasteiger charge is -2.21. The molecule has 8 heteroatoms. The summed E-state index contributed by atoms with van der Waals surface area (Å²) >= 11 is 1.34.